The van der Waals surface area contributed by atoms with E-state index in [0.717, 1.165) is 71.9 Å². The van der Waals surface area contributed by atoms with Crippen molar-refractivity contribution in [1.29, 1.82) is 0 Å². The molecule has 662 valence electrons. The summed E-state index contributed by atoms with van der Waals surface area (Å²) in [7, 11) is -3.67. The van der Waals surface area contributed by atoms with Crippen LogP contribution >= 0.6 is 35.1 Å². The van der Waals surface area contributed by atoms with Gasteiger partial charge in [0.15, 0.2) is 10.3 Å². The van der Waals surface area contributed by atoms with E-state index in [1.165, 1.54) is 54.5 Å². The van der Waals surface area contributed by atoms with Gasteiger partial charge >= 0.3 is 35.5 Å². The molecule has 127 heavy (non-hydrogen) atoms. The van der Waals surface area contributed by atoms with E-state index in [1.807, 2.05) is 189 Å². The standard InChI is InChI=1S/C19H21N3O5S.C19H21N3O3S.C18H18ClN3O3.C18H19N3O4.C16H15N3O3S/c1-5-26-22-11-15(13-8-6-7-9-16(13)22)17-14(18(23)27-12(2)3)10-20-19(21-17)28(4,24)25;1-5-24-22-11-15(13-8-6-7-9-16(13)22)17-14(18(23)25-12(2)3)10-20-19(21-17)26-4;1-4-24-22-10-14(12-7-5-6-8-15(12)22)16-13(9-20-18(19)21-16)17(23)25-11(2)3;1-4-24-21-10-14(12-7-5-6-8-15(12)21)16-13(9-19-18(23)20-16)17(22)25-11(2)3;1-3-22-19-9-12(10-6-4-5-7-13(10)19)14-11(15(20)21)8-17-16(18-14)23-2/h6-12H,5H2,1-4H3;6-12H,5H2,1-4H3;5-11H,4H2,1-3H3;5-11H,4H2,1-3H3,(H,19,20,23);4-9H,3H2,1-2H3,(H,20,21). The number of ether oxygens (including phenoxy) is 4. The van der Waals surface area contributed by atoms with Crippen LogP contribution in [0.3, 0.4) is 0 Å². The van der Waals surface area contributed by atoms with Crippen molar-refractivity contribution in [2.45, 2.75) is 130 Å². The van der Waals surface area contributed by atoms with Gasteiger partial charge in [-0.3, -0.25) is 0 Å². The zero-order chi connectivity index (χ0) is 91.5. The molecular weight excluding hydrogens is 1710 g/mol. The van der Waals surface area contributed by atoms with E-state index < -0.39 is 45.4 Å². The van der Waals surface area contributed by atoms with E-state index >= 15 is 0 Å². The first-order valence-electron chi connectivity index (χ1n) is 40.2. The minimum atomic E-state index is -3.67. The largest absolute Gasteiger partial charge is 0.478 e. The van der Waals surface area contributed by atoms with Gasteiger partial charge < -0.3 is 53.2 Å². The molecule has 0 unspecified atom stereocenters. The monoisotopic (exact) mass is 1800 g/mol. The Bertz CT molecular complexity index is 6680. The normalized spacial score (nSPS) is 11.2. The molecule has 0 amide bonds. The zero-order valence-corrected chi connectivity index (χ0v) is 75.6. The molecular formula is C90H94ClN15O18S3. The average Bonchev–Trinajstić information content (AvgIpc) is 1.64. The third kappa shape index (κ3) is 22.3. The number of nitrogens with one attached hydrogen (secondary N) is 1. The summed E-state index contributed by atoms with van der Waals surface area (Å²) in [5, 5.41) is 14.6. The summed E-state index contributed by atoms with van der Waals surface area (Å²) in [5.41, 5.74) is 10.0. The molecule has 5 aromatic carbocycles. The SMILES string of the molecule is CCOn1cc(-c2[nH]c(=O)ncc2C(=O)OC(C)C)c2ccccc21.CCOn1cc(-c2nc(Cl)ncc2C(=O)OC(C)C)c2ccccc21.CCOn1cc(-c2nc(S(C)(=O)=O)ncc2C(=O)OC(C)C)c2ccccc21.CCOn1cc(-c2nc(SC)ncc2C(=O)O)c2ccccc21.CCOn1cc(-c2nc(SC)ncc2C(=O)OC(C)C)c2ccccc21. The van der Waals surface area contributed by atoms with E-state index in [1.54, 1.807) is 90.0 Å². The summed E-state index contributed by atoms with van der Waals surface area (Å²) < 4.78 is 53.4. The van der Waals surface area contributed by atoms with Gasteiger partial charge in [-0.25, -0.2) is 82.0 Å². The lowest BCUT2D eigenvalue weighted by Crippen LogP contribution is -2.18. The van der Waals surface area contributed by atoms with E-state index in [2.05, 4.69) is 49.8 Å². The van der Waals surface area contributed by atoms with E-state index in [-0.39, 0.29) is 62.8 Å². The molecule has 2 N–H and O–H groups in total. The van der Waals surface area contributed by atoms with Crippen LogP contribution < -0.4 is 29.9 Å². The fraction of sp³-hybridized carbons (Fsp3) is 0.278. The van der Waals surface area contributed by atoms with Gasteiger partial charge in [-0.05, 0) is 144 Å². The van der Waals surface area contributed by atoms with Crippen LogP contribution in [0.1, 0.15) is 142 Å². The molecule has 0 aliphatic heterocycles. The van der Waals surface area contributed by atoms with E-state index in [9.17, 15) is 42.3 Å². The van der Waals surface area contributed by atoms with Gasteiger partial charge in [-0.2, -0.15) is 23.7 Å². The number of nitrogens with zero attached hydrogens (tertiary/aromatic N) is 14. The lowest BCUT2D eigenvalue weighted by Gasteiger charge is -2.11. The van der Waals surface area contributed by atoms with Gasteiger partial charge in [0.05, 0.1) is 111 Å². The van der Waals surface area contributed by atoms with Crippen LogP contribution in [0, 0.1) is 0 Å². The number of aromatic nitrogens is 15. The average molecular weight is 1810 g/mol. The summed E-state index contributed by atoms with van der Waals surface area (Å²) in [6, 6.07) is 38.2. The number of hydrogen-bond donors (Lipinski definition) is 2. The quantitative estimate of drug-likeness (QED) is 0.0209. The number of benzene rings is 5. The molecule has 0 bridgehead atoms. The van der Waals surface area contributed by atoms with Crippen LogP contribution in [0.5, 0.6) is 0 Å². The van der Waals surface area contributed by atoms with Gasteiger partial charge in [0, 0.05) is 92.0 Å². The molecule has 33 nitrogen and oxygen atoms in total. The van der Waals surface area contributed by atoms with Crippen LogP contribution in [0.2, 0.25) is 5.28 Å². The molecule has 0 saturated carbocycles. The number of aromatic amines is 1. The van der Waals surface area contributed by atoms with Crippen LogP contribution in [0.15, 0.2) is 204 Å². The number of carboxylic acids is 1. The van der Waals surface area contributed by atoms with Crippen molar-refractivity contribution >= 4 is 129 Å². The molecule has 0 spiro atoms. The second kappa shape index (κ2) is 42.8. The summed E-state index contributed by atoms with van der Waals surface area (Å²) in [4.78, 5) is 141. The number of halogens is 1. The van der Waals surface area contributed by atoms with Gasteiger partial charge in [0.2, 0.25) is 20.3 Å². The maximum absolute atomic E-state index is 12.6. The second-order valence-corrected chi connectivity index (χ2v) is 32.2. The van der Waals surface area contributed by atoms with Crippen LogP contribution in [-0.2, 0) is 28.8 Å². The van der Waals surface area contributed by atoms with Crippen molar-refractivity contribution in [3.8, 4) is 56.3 Å². The van der Waals surface area contributed by atoms with Crippen LogP contribution in [-0.4, -0.2) is 193 Å². The first-order valence-corrected chi connectivity index (χ1v) is 44.9. The lowest BCUT2D eigenvalue weighted by atomic mass is 10.1. The summed E-state index contributed by atoms with van der Waals surface area (Å²) in [5.74, 6) is -3.15. The number of sulfone groups is 1. The predicted molar refractivity (Wildman–Crippen MR) is 484 cm³/mol. The van der Waals surface area contributed by atoms with E-state index in [4.69, 9.17) is 54.7 Å². The Morgan fingerprint density at radius 2 is 0.669 bits per heavy atom. The maximum Gasteiger partial charge on any atom is 0.345 e. The van der Waals surface area contributed by atoms with Crippen molar-refractivity contribution in [2.24, 2.45) is 0 Å². The molecule has 15 aromatic rings. The molecule has 0 atom stereocenters. The fourth-order valence-corrected chi connectivity index (χ4v) is 14.4. The molecule has 0 aliphatic carbocycles. The van der Waals surface area contributed by atoms with Crippen molar-refractivity contribution in [2.75, 3.05) is 51.8 Å². The summed E-state index contributed by atoms with van der Waals surface area (Å²) >= 11 is 8.77. The minimum Gasteiger partial charge on any atom is -0.478 e. The number of fused-ring (bicyclic) bond motifs is 5. The Kier molecular flexibility index (Phi) is 31.7. The van der Waals surface area contributed by atoms with Gasteiger partial charge in [0.25, 0.3) is 0 Å². The zero-order valence-electron chi connectivity index (χ0n) is 72.4. The minimum absolute atomic E-state index is 0.0596. The number of H-pyrrole nitrogens is 1. The van der Waals surface area contributed by atoms with Gasteiger partial charge in [-0.15, -0.1) is 0 Å². The molecule has 0 aliphatic rings. The second-order valence-electron chi connectivity index (χ2n) is 28.4. The highest BCUT2D eigenvalue weighted by Gasteiger charge is 2.29. The molecule has 10 aromatic heterocycles. The Balaban J connectivity index is 0.000000154. The Hall–Kier alpha value is -13.7. The molecule has 15 rings (SSSR count). The highest BCUT2D eigenvalue weighted by Crippen LogP contribution is 2.38. The van der Waals surface area contributed by atoms with Crippen molar-refractivity contribution in [3.05, 3.63) is 227 Å². The lowest BCUT2D eigenvalue weighted by molar-refractivity contribution is 0.0366. The van der Waals surface area contributed by atoms with Gasteiger partial charge in [0.1, 0.15) is 60.9 Å². The number of carboxylic acid groups (broad SMARTS) is 1. The molecule has 37 heteroatoms. The molecule has 0 saturated heterocycles. The fourth-order valence-electron chi connectivity index (χ4n) is 13.1. The van der Waals surface area contributed by atoms with Crippen molar-refractivity contribution < 1.29 is 80.6 Å². The number of aromatic carboxylic acids is 1. The van der Waals surface area contributed by atoms with Crippen LogP contribution in [0.4, 0.5) is 0 Å². The Morgan fingerprint density at radius 3 is 0.992 bits per heavy atom. The van der Waals surface area contributed by atoms with Crippen molar-refractivity contribution in [1.82, 2.24) is 73.5 Å². The van der Waals surface area contributed by atoms with Crippen LogP contribution in [0.25, 0.3) is 111 Å². The highest BCUT2D eigenvalue weighted by molar-refractivity contribution is 7.98. The number of rotatable bonds is 27. The third-order valence-corrected chi connectivity index (χ3v) is 20.2. The first kappa shape index (κ1) is 94.0. The smallest absolute Gasteiger partial charge is 0.345 e. The Morgan fingerprint density at radius 1 is 0.394 bits per heavy atom. The third-order valence-electron chi connectivity index (χ3n) is 18.1. The topological polar surface area (TPSA) is 396 Å². The van der Waals surface area contributed by atoms with Gasteiger partial charge in [-0.1, -0.05) is 115 Å². The highest BCUT2D eigenvalue weighted by atomic mass is 35.5. The maximum atomic E-state index is 12.6. The number of hydrogen-bond acceptors (Lipinski definition) is 28. The van der Waals surface area contributed by atoms with E-state index in [0.29, 0.717) is 88.4 Å². The number of esters is 4. The number of thioether (sulfide) groups is 2. The molecule has 0 radical (unpaired) electrons. The predicted octanol–water partition coefficient (Wildman–Crippen LogP) is 15.5. The molecule has 10 heterocycles. The molecule has 0 fully saturated rings. The number of carbonyl (C=O) groups is 5. The Labute approximate surface area is 743 Å². The number of para-hydroxylation sites is 5. The number of carbonyl (C=O) groups excluding carboxylic acids is 4. The summed E-state index contributed by atoms with van der Waals surface area (Å²) in [6.07, 6.45) is 19.2. The first-order chi connectivity index (χ1) is 60.9. The summed E-state index contributed by atoms with van der Waals surface area (Å²) in [6.45, 7) is 26.1. The van der Waals surface area contributed by atoms with Crippen molar-refractivity contribution in [3.63, 3.8) is 0 Å².